The van der Waals surface area contributed by atoms with Gasteiger partial charge in [-0.2, -0.15) is 4.31 Å². The highest BCUT2D eigenvalue weighted by Gasteiger charge is 2.20. The zero-order valence-electron chi connectivity index (χ0n) is 8.64. The number of halogens is 1. The van der Waals surface area contributed by atoms with Crippen LogP contribution in [0.3, 0.4) is 0 Å². The number of nitrogen functional groups attached to an aromatic ring is 1. The normalized spacial score (nSPS) is 11.4. The lowest BCUT2D eigenvalue weighted by atomic mass is 10.3. The number of rotatable bonds is 3. The molecule has 0 aromatic heterocycles. The second kappa shape index (κ2) is 4.74. The third-order valence-corrected chi connectivity index (χ3v) is 4.12. The van der Waals surface area contributed by atoms with E-state index in [0.29, 0.717) is 5.69 Å². The lowest BCUT2D eigenvalue weighted by molar-refractivity contribution is 0.503. The van der Waals surface area contributed by atoms with Gasteiger partial charge in [-0.3, -0.25) is 0 Å². The van der Waals surface area contributed by atoms with Gasteiger partial charge in [-0.25, -0.2) is 8.42 Å². The number of nitrogens with zero attached hydrogens (tertiary/aromatic N) is 1. The Morgan fingerprint density at radius 2 is 2.19 bits per heavy atom. The van der Waals surface area contributed by atoms with Crippen LogP contribution in [-0.2, 0) is 10.0 Å². The summed E-state index contributed by atoms with van der Waals surface area (Å²) < 4.78 is 24.9. The lowest BCUT2D eigenvalue weighted by Crippen LogP contribution is -2.27. The van der Waals surface area contributed by atoms with Crippen molar-refractivity contribution in [1.82, 2.24) is 4.31 Å². The molecule has 4 nitrogen and oxygen atoms in total. The first-order valence-corrected chi connectivity index (χ1v) is 6.16. The topological polar surface area (TPSA) is 63.4 Å². The zero-order chi connectivity index (χ0) is 12.3. The van der Waals surface area contributed by atoms with E-state index in [9.17, 15) is 8.42 Å². The van der Waals surface area contributed by atoms with Crippen molar-refractivity contribution in [2.24, 2.45) is 0 Å². The Morgan fingerprint density at radius 3 is 2.69 bits per heavy atom. The minimum Gasteiger partial charge on any atom is -0.398 e. The molecule has 1 aromatic rings. The summed E-state index contributed by atoms with van der Waals surface area (Å²) in [7, 11) is -2.19. The predicted molar refractivity (Wildman–Crippen MR) is 64.5 cm³/mol. The highest BCUT2D eigenvalue weighted by molar-refractivity contribution is 7.89. The standard InChI is InChI=1S/C10H11ClN2O2S/c1-3-6-13(2)16(14,15)8-4-5-10(12)9(11)7-8/h1,4-5,7H,6,12H2,2H3. The number of hydrogen-bond acceptors (Lipinski definition) is 3. The van der Waals surface area contributed by atoms with Crippen LogP contribution in [0.15, 0.2) is 23.1 Å². The van der Waals surface area contributed by atoms with Crippen molar-refractivity contribution >= 4 is 27.3 Å². The van der Waals surface area contributed by atoms with E-state index in [4.69, 9.17) is 23.8 Å². The van der Waals surface area contributed by atoms with E-state index in [-0.39, 0.29) is 16.5 Å². The average Bonchev–Trinajstić information content (AvgIpc) is 2.22. The van der Waals surface area contributed by atoms with Gasteiger partial charge < -0.3 is 5.73 Å². The van der Waals surface area contributed by atoms with Crippen molar-refractivity contribution in [3.8, 4) is 12.3 Å². The maximum Gasteiger partial charge on any atom is 0.243 e. The fourth-order valence-corrected chi connectivity index (χ4v) is 2.42. The minimum atomic E-state index is -3.59. The molecule has 0 aliphatic carbocycles. The summed E-state index contributed by atoms with van der Waals surface area (Å²) >= 11 is 5.75. The molecule has 0 radical (unpaired) electrons. The van der Waals surface area contributed by atoms with E-state index < -0.39 is 10.0 Å². The minimum absolute atomic E-state index is 0.00429. The van der Waals surface area contributed by atoms with Crippen LogP contribution in [0.2, 0.25) is 5.02 Å². The SMILES string of the molecule is C#CCN(C)S(=O)(=O)c1ccc(N)c(Cl)c1. The highest BCUT2D eigenvalue weighted by Crippen LogP contribution is 2.23. The van der Waals surface area contributed by atoms with Crippen molar-refractivity contribution in [3.05, 3.63) is 23.2 Å². The Labute approximate surface area is 100 Å². The molecule has 0 atom stereocenters. The Balaban J connectivity index is 3.18. The fourth-order valence-electron chi connectivity index (χ4n) is 1.06. The maximum atomic E-state index is 11.9. The summed E-state index contributed by atoms with van der Waals surface area (Å²) in [6.45, 7) is 0.00429. The number of nitrogens with two attached hydrogens (primary N) is 1. The van der Waals surface area contributed by atoms with Crippen molar-refractivity contribution < 1.29 is 8.42 Å². The van der Waals surface area contributed by atoms with Crippen molar-refractivity contribution in [1.29, 1.82) is 0 Å². The van der Waals surface area contributed by atoms with Crippen LogP contribution in [0, 0.1) is 12.3 Å². The first kappa shape index (κ1) is 12.8. The first-order valence-electron chi connectivity index (χ1n) is 4.34. The average molecular weight is 259 g/mol. The van der Waals surface area contributed by atoms with E-state index in [2.05, 4.69) is 5.92 Å². The molecule has 0 bridgehead atoms. The van der Waals surface area contributed by atoms with Crippen molar-refractivity contribution in [2.75, 3.05) is 19.3 Å². The van der Waals surface area contributed by atoms with Gasteiger partial charge in [-0.1, -0.05) is 17.5 Å². The molecule has 0 aliphatic heterocycles. The maximum absolute atomic E-state index is 11.9. The van der Waals surface area contributed by atoms with Crippen LogP contribution >= 0.6 is 11.6 Å². The van der Waals surface area contributed by atoms with E-state index in [1.165, 1.54) is 25.2 Å². The van der Waals surface area contributed by atoms with Gasteiger partial charge in [-0.05, 0) is 18.2 Å². The van der Waals surface area contributed by atoms with E-state index in [1.54, 1.807) is 0 Å². The summed E-state index contributed by atoms with van der Waals surface area (Å²) in [6, 6.07) is 4.14. The van der Waals surface area contributed by atoms with Crippen LogP contribution in [-0.4, -0.2) is 26.3 Å². The van der Waals surface area contributed by atoms with Crippen LogP contribution in [0.1, 0.15) is 0 Å². The predicted octanol–water partition coefficient (Wildman–Crippen LogP) is 1.18. The summed E-state index contributed by atoms with van der Waals surface area (Å²) in [6.07, 6.45) is 5.06. The number of benzene rings is 1. The van der Waals surface area contributed by atoms with Gasteiger partial charge in [0.2, 0.25) is 10.0 Å². The van der Waals surface area contributed by atoms with Gasteiger partial charge in [0.1, 0.15) is 0 Å². The zero-order valence-corrected chi connectivity index (χ0v) is 10.2. The van der Waals surface area contributed by atoms with Crippen LogP contribution in [0.4, 0.5) is 5.69 Å². The third-order valence-electron chi connectivity index (χ3n) is 1.99. The van der Waals surface area contributed by atoms with Gasteiger partial charge >= 0.3 is 0 Å². The monoisotopic (exact) mass is 258 g/mol. The van der Waals surface area contributed by atoms with Gasteiger partial charge in [0.15, 0.2) is 0 Å². The molecule has 1 aromatic carbocycles. The molecule has 0 unspecified atom stereocenters. The number of sulfonamides is 1. The van der Waals surface area contributed by atoms with Gasteiger partial charge in [-0.15, -0.1) is 6.42 Å². The van der Waals surface area contributed by atoms with Crippen molar-refractivity contribution in [3.63, 3.8) is 0 Å². The van der Waals surface area contributed by atoms with Gasteiger partial charge in [0.25, 0.3) is 0 Å². The summed E-state index contributed by atoms with van der Waals surface area (Å²) in [5.41, 5.74) is 5.83. The molecule has 1 rings (SSSR count). The Kier molecular flexibility index (Phi) is 3.81. The van der Waals surface area contributed by atoms with Gasteiger partial charge in [0, 0.05) is 7.05 Å². The molecule has 0 saturated heterocycles. The van der Waals surface area contributed by atoms with Crippen LogP contribution in [0.5, 0.6) is 0 Å². The summed E-state index contributed by atoms with van der Waals surface area (Å²) in [4.78, 5) is 0.0736. The molecule has 0 amide bonds. The van der Waals surface area contributed by atoms with E-state index >= 15 is 0 Å². The molecule has 0 heterocycles. The van der Waals surface area contributed by atoms with Crippen LogP contribution in [0.25, 0.3) is 0 Å². The van der Waals surface area contributed by atoms with E-state index in [0.717, 1.165) is 4.31 Å². The second-order valence-corrected chi connectivity index (χ2v) is 5.60. The van der Waals surface area contributed by atoms with Gasteiger partial charge in [0.05, 0.1) is 22.2 Å². The Bertz CT molecular complexity index is 534. The fraction of sp³-hybridized carbons (Fsp3) is 0.200. The third kappa shape index (κ3) is 2.47. The molecule has 6 heteroatoms. The van der Waals surface area contributed by atoms with Crippen LogP contribution < -0.4 is 5.73 Å². The quantitative estimate of drug-likeness (QED) is 0.654. The largest absolute Gasteiger partial charge is 0.398 e. The summed E-state index contributed by atoms with van der Waals surface area (Å²) in [5, 5.41) is 0.204. The lowest BCUT2D eigenvalue weighted by Gasteiger charge is -2.14. The molecule has 0 fully saturated rings. The Morgan fingerprint density at radius 1 is 1.56 bits per heavy atom. The number of hydrogen-bond donors (Lipinski definition) is 1. The van der Waals surface area contributed by atoms with Crippen molar-refractivity contribution in [2.45, 2.75) is 4.90 Å². The first-order chi connectivity index (χ1) is 7.39. The second-order valence-electron chi connectivity index (χ2n) is 3.15. The number of anilines is 1. The molecule has 0 saturated carbocycles. The molecule has 2 N–H and O–H groups in total. The van der Waals surface area contributed by atoms with E-state index in [1.807, 2.05) is 0 Å². The number of terminal acetylenes is 1. The Hall–Kier alpha value is -1.22. The molecule has 16 heavy (non-hydrogen) atoms. The molecule has 0 aliphatic rings. The molecule has 86 valence electrons. The highest BCUT2D eigenvalue weighted by atomic mass is 35.5. The molecular weight excluding hydrogens is 248 g/mol. The smallest absolute Gasteiger partial charge is 0.243 e. The molecular formula is C10H11ClN2O2S. The summed E-state index contributed by atoms with van der Waals surface area (Å²) in [5.74, 6) is 2.26. The molecule has 0 spiro atoms.